The molecule has 0 aromatic heterocycles. The van der Waals surface area contributed by atoms with Gasteiger partial charge in [0.25, 0.3) is 0 Å². The van der Waals surface area contributed by atoms with Crippen LogP contribution in [0.15, 0.2) is 40.9 Å². The van der Waals surface area contributed by atoms with Gasteiger partial charge in [-0.15, -0.1) is 0 Å². The van der Waals surface area contributed by atoms with E-state index in [9.17, 15) is 0 Å². The Morgan fingerprint density at radius 2 is 1.89 bits per heavy atom. The number of nitrogens with one attached hydrogen (secondary N) is 1. The summed E-state index contributed by atoms with van der Waals surface area (Å²) in [4.78, 5) is 2.41. The number of benzene rings is 2. The Morgan fingerprint density at radius 1 is 1.14 bits per heavy atom. The van der Waals surface area contributed by atoms with Gasteiger partial charge in [0.15, 0.2) is 11.5 Å². The Balaban J connectivity index is 1.84. The third kappa shape index (κ3) is 4.76. The van der Waals surface area contributed by atoms with Crippen molar-refractivity contribution in [3.05, 3.63) is 52.0 Å². The minimum absolute atomic E-state index is 0.145. The van der Waals surface area contributed by atoms with Gasteiger partial charge in [0, 0.05) is 29.8 Å². The molecule has 0 radical (unpaired) electrons. The van der Waals surface area contributed by atoms with E-state index in [1.807, 2.05) is 30.3 Å². The maximum absolute atomic E-state index is 9.05. The maximum Gasteiger partial charge on any atom is 0.161 e. The molecular formula is C21H24BrN3O3. The second-order valence-corrected chi connectivity index (χ2v) is 7.32. The van der Waals surface area contributed by atoms with E-state index in [2.05, 4.69) is 38.3 Å². The van der Waals surface area contributed by atoms with Crippen molar-refractivity contribution in [1.29, 1.82) is 5.26 Å². The second-order valence-electron chi connectivity index (χ2n) is 6.47. The van der Waals surface area contributed by atoms with Crippen molar-refractivity contribution in [3.8, 4) is 17.6 Å². The number of ether oxygens (including phenoxy) is 3. The summed E-state index contributed by atoms with van der Waals surface area (Å²) in [6, 6.07) is 13.9. The molecule has 1 N–H and O–H groups in total. The lowest BCUT2D eigenvalue weighted by molar-refractivity contribution is 0.0186. The van der Waals surface area contributed by atoms with Crippen LogP contribution >= 0.6 is 15.9 Å². The highest BCUT2D eigenvalue weighted by Gasteiger charge is 2.24. The Labute approximate surface area is 174 Å². The fraction of sp³-hybridized carbons (Fsp3) is 0.381. The molecule has 28 heavy (non-hydrogen) atoms. The molecule has 1 aliphatic rings. The van der Waals surface area contributed by atoms with E-state index in [1.54, 1.807) is 14.2 Å². The molecule has 0 amide bonds. The van der Waals surface area contributed by atoms with Crippen molar-refractivity contribution in [3.63, 3.8) is 0 Å². The number of hydrogen-bond donors (Lipinski definition) is 1. The summed E-state index contributed by atoms with van der Waals surface area (Å²) in [5, 5.41) is 12.6. The molecule has 1 aliphatic heterocycles. The fourth-order valence-electron chi connectivity index (χ4n) is 3.34. The number of nitriles is 1. The zero-order valence-electron chi connectivity index (χ0n) is 16.1. The normalized spacial score (nSPS) is 15.5. The Kier molecular flexibility index (Phi) is 7.15. The van der Waals surface area contributed by atoms with Crippen LogP contribution in [-0.2, 0) is 4.74 Å². The van der Waals surface area contributed by atoms with Gasteiger partial charge in [-0.05, 0) is 51.8 Å². The molecule has 6 nitrogen and oxygen atoms in total. The van der Waals surface area contributed by atoms with Gasteiger partial charge in [-0.1, -0.05) is 6.07 Å². The minimum Gasteiger partial charge on any atom is -0.493 e. The average molecular weight is 446 g/mol. The highest BCUT2D eigenvalue weighted by Crippen LogP contribution is 2.33. The molecule has 0 spiro atoms. The molecule has 1 atom stereocenters. The lowest BCUT2D eigenvalue weighted by atomic mass is 10.0. The highest BCUT2D eigenvalue weighted by molar-refractivity contribution is 9.10. The van der Waals surface area contributed by atoms with Crippen LogP contribution in [0.5, 0.6) is 11.5 Å². The molecular weight excluding hydrogens is 422 g/mol. The first-order valence-corrected chi connectivity index (χ1v) is 9.92. The third-order valence-electron chi connectivity index (χ3n) is 4.86. The fourth-order valence-corrected chi connectivity index (χ4v) is 3.86. The molecule has 1 saturated heterocycles. The highest BCUT2D eigenvalue weighted by atomic mass is 79.9. The van der Waals surface area contributed by atoms with Crippen LogP contribution in [0.4, 0.5) is 5.69 Å². The number of methoxy groups -OCH3 is 2. The van der Waals surface area contributed by atoms with E-state index in [0.29, 0.717) is 12.1 Å². The molecule has 0 bridgehead atoms. The van der Waals surface area contributed by atoms with Gasteiger partial charge in [-0.3, -0.25) is 4.90 Å². The monoisotopic (exact) mass is 445 g/mol. The summed E-state index contributed by atoms with van der Waals surface area (Å²) < 4.78 is 17.3. The minimum atomic E-state index is 0.145. The third-order valence-corrected chi connectivity index (χ3v) is 5.52. The summed E-state index contributed by atoms with van der Waals surface area (Å²) in [5.41, 5.74) is 2.73. The maximum atomic E-state index is 9.05. The second kappa shape index (κ2) is 9.78. The van der Waals surface area contributed by atoms with E-state index >= 15 is 0 Å². The van der Waals surface area contributed by atoms with E-state index in [-0.39, 0.29) is 6.04 Å². The van der Waals surface area contributed by atoms with Gasteiger partial charge < -0.3 is 19.5 Å². The molecule has 1 fully saturated rings. The van der Waals surface area contributed by atoms with E-state index in [4.69, 9.17) is 19.5 Å². The van der Waals surface area contributed by atoms with E-state index < -0.39 is 0 Å². The molecule has 3 rings (SSSR count). The van der Waals surface area contributed by atoms with Crippen LogP contribution in [0.3, 0.4) is 0 Å². The van der Waals surface area contributed by atoms with Crippen molar-refractivity contribution < 1.29 is 14.2 Å². The SMILES string of the molecule is COc1ccc(C(CNc2ccc(C#N)cc2Br)N2CCOCC2)cc1OC. The topological polar surface area (TPSA) is 66.8 Å². The summed E-state index contributed by atoms with van der Waals surface area (Å²) in [6.07, 6.45) is 0. The number of nitrogens with zero attached hydrogens (tertiary/aromatic N) is 2. The first kappa shape index (κ1) is 20.5. The van der Waals surface area contributed by atoms with Crippen LogP contribution < -0.4 is 14.8 Å². The van der Waals surface area contributed by atoms with Crippen LogP contribution in [0.2, 0.25) is 0 Å². The molecule has 1 unspecified atom stereocenters. The van der Waals surface area contributed by atoms with Gasteiger partial charge in [0.2, 0.25) is 0 Å². The van der Waals surface area contributed by atoms with Gasteiger partial charge in [-0.2, -0.15) is 5.26 Å². The molecule has 1 heterocycles. The standard InChI is InChI=1S/C21H24BrN3O3/c1-26-20-6-4-16(12-21(20)27-2)19(25-7-9-28-10-8-25)14-24-18-5-3-15(13-23)11-17(18)22/h3-6,11-12,19,24H,7-10,14H2,1-2H3. The van der Waals surface area contributed by atoms with Crippen LogP contribution in [0.1, 0.15) is 17.2 Å². The predicted molar refractivity (Wildman–Crippen MR) is 112 cm³/mol. The van der Waals surface area contributed by atoms with Crippen LogP contribution in [0, 0.1) is 11.3 Å². The van der Waals surface area contributed by atoms with Gasteiger partial charge in [-0.25, -0.2) is 0 Å². The number of morpholine rings is 1. The zero-order valence-corrected chi connectivity index (χ0v) is 17.7. The largest absolute Gasteiger partial charge is 0.493 e. The number of halogens is 1. The number of anilines is 1. The Hall–Kier alpha value is -2.27. The van der Waals surface area contributed by atoms with Crippen molar-refractivity contribution in [2.45, 2.75) is 6.04 Å². The van der Waals surface area contributed by atoms with Gasteiger partial charge in [0.05, 0.1) is 45.1 Å². The van der Waals surface area contributed by atoms with E-state index in [1.165, 1.54) is 0 Å². The number of rotatable bonds is 7. The molecule has 2 aromatic rings. The first-order chi connectivity index (χ1) is 13.7. The lowest BCUT2D eigenvalue weighted by Crippen LogP contribution is -2.41. The van der Waals surface area contributed by atoms with Gasteiger partial charge in [0.1, 0.15) is 0 Å². The van der Waals surface area contributed by atoms with Crippen molar-refractivity contribution in [2.75, 3.05) is 52.4 Å². The smallest absolute Gasteiger partial charge is 0.161 e. The van der Waals surface area contributed by atoms with Crippen LogP contribution in [0.25, 0.3) is 0 Å². The Morgan fingerprint density at radius 3 is 2.54 bits per heavy atom. The summed E-state index contributed by atoms with van der Waals surface area (Å²) in [7, 11) is 3.29. The molecule has 148 valence electrons. The Bertz CT molecular complexity index is 847. The van der Waals surface area contributed by atoms with Gasteiger partial charge >= 0.3 is 0 Å². The number of hydrogen-bond acceptors (Lipinski definition) is 6. The quantitative estimate of drug-likeness (QED) is 0.698. The lowest BCUT2D eigenvalue weighted by Gasteiger charge is -2.35. The summed E-state index contributed by atoms with van der Waals surface area (Å²) in [6.45, 7) is 3.90. The van der Waals surface area contributed by atoms with Crippen molar-refractivity contribution in [2.24, 2.45) is 0 Å². The van der Waals surface area contributed by atoms with Crippen molar-refractivity contribution in [1.82, 2.24) is 4.90 Å². The predicted octanol–water partition coefficient (Wildman–Crippen LogP) is 3.82. The molecule has 0 saturated carbocycles. The average Bonchev–Trinajstić information content (AvgIpc) is 2.75. The summed E-state index contributed by atoms with van der Waals surface area (Å²) in [5.74, 6) is 1.44. The summed E-state index contributed by atoms with van der Waals surface area (Å²) >= 11 is 3.55. The molecule has 0 aliphatic carbocycles. The van der Waals surface area contributed by atoms with E-state index in [0.717, 1.165) is 53.5 Å². The first-order valence-electron chi connectivity index (χ1n) is 9.13. The molecule has 7 heteroatoms. The van der Waals surface area contributed by atoms with Crippen molar-refractivity contribution >= 4 is 21.6 Å². The molecule has 2 aromatic carbocycles. The zero-order chi connectivity index (χ0) is 19.9. The van der Waals surface area contributed by atoms with Crippen LogP contribution in [-0.4, -0.2) is 52.0 Å².